The van der Waals surface area contributed by atoms with Gasteiger partial charge in [0.05, 0.1) is 5.60 Å². The zero-order valence-electron chi connectivity index (χ0n) is 16.9. The predicted molar refractivity (Wildman–Crippen MR) is 111 cm³/mol. The minimum absolute atomic E-state index is 0.0372. The summed E-state index contributed by atoms with van der Waals surface area (Å²) in [5, 5.41) is 0. The van der Waals surface area contributed by atoms with Crippen molar-refractivity contribution in [3.05, 3.63) is 41.0 Å². The molecule has 0 radical (unpaired) electrons. The quantitative estimate of drug-likeness (QED) is 0.741. The fourth-order valence-electron chi connectivity index (χ4n) is 4.83. The van der Waals surface area contributed by atoms with Crippen molar-refractivity contribution in [2.75, 3.05) is 33.4 Å². The first-order valence-corrected chi connectivity index (χ1v) is 10.9. The lowest BCUT2D eigenvalue weighted by atomic mass is 9.87. The molecule has 0 amide bonds. The largest absolute Gasteiger partial charge is 0.381 e. The van der Waals surface area contributed by atoms with Crippen LogP contribution in [0.2, 0.25) is 0 Å². The number of rotatable bonds is 5. The van der Waals surface area contributed by atoms with E-state index in [0.29, 0.717) is 0 Å². The summed E-state index contributed by atoms with van der Waals surface area (Å²) >= 11 is 0. The summed E-state index contributed by atoms with van der Waals surface area (Å²) in [7, 11) is 1.85. The number of likely N-dealkylation sites (tertiary alicyclic amines) is 1. The number of hydrogen-bond acceptors (Lipinski definition) is 3. The fraction of sp³-hybridized carbons (Fsp3) is 0.667. The molecular formula is C24H35NO2. The summed E-state index contributed by atoms with van der Waals surface area (Å²) in [5.74, 6) is 0. The molecule has 0 spiro atoms. The Labute approximate surface area is 164 Å². The average Bonchev–Trinajstić information content (AvgIpc) is 2.88. The molecule has 0 N–H and O–H groups in total. The Morgan fingerprint density at radius 3 is 2.52 bits per heavy atom. The van der Waals surface area contributed by atoms with E-state index in [-0.39, 0.29) is 5.60 Å². The molecule has 0 bridgehead atoms. The molecule has 1 saturated carbocycles. The van der Waals surface area contributed by atoms with Gasteiger partial charge in [0.1, 0.15) is 0 Å². The molecule has 148 valence electrons. The van der Waals surface area contributed by atoms with E-state index in [2.05, 4.69) is 35.2 Å². The molecule has 3 aliphatic rings. The van der Waals surface area contributed by atoms with Crippen LogP contribution in [0.15, 0.2) is 29.8 Å². The van der Waals surface area contributed by atoms with Crippen LogP contribution in [-0.4, -0.2) is 50.0 Å². The minimum atomic E-state index is -0.0372. The molecule has 1 aromatic carbocycles. The standard InChI is InChI=1S/C24H35NO2/c1-26-24(12-16-27-17-13-24)19-22-9-7-21(8-10-22)18-20-4-3-14-25(15-11-20)23-5-2-6-23/h7-10,18,23H,2-6,11-17,19H2,1H3. The van der Waals surface area contributed by atoms with E-state index in [1.54, 1.807) is 5.57 Å². The van der Waals surface area contributed by atoms with Crippen molar-refractivity contribution < 1.29 is 9.47 Å². The lowest BCUT2D eigenvalue weighted by molar-refractivity contribution is -0.0888. The summed E-state index contributed by atoms with van der Waals surface area (Å²) in [4.78, 5) is 2.74. The second-order valence-corrected chi connectivity index (χ2v) is 8.69. The third kappa shape index (κ3) is 4.82. The van der Waals surface area contributed by atoms with Crippen LogP contribution in [0, 0.1) is 0 Å². The minimum Gasteiger partial charge on any atom is -0.381 e. The second kappa shape index (κ2) is 8.89. The van der Waals surface area contributed by atoms with Gasteiger partial charge in [0.25, 0.3) is 0 Å². The maximum Gasteiger partial charge on any atom is 0.0762 e. The van der Waals surface area contributed by atoms with Crippen molar-refractivity contribution in [2.24, 2.45) is 0 Å². The van der Waals surface area contributed by atoms with E-state index >= 15 is 0 Å². The highest BCUT2D eigenvalue weighted by molar-refractivity contribution is 5.53. The molecule has 4 rings (SSSR count). The van der Waals surface area contributed by atoms with Crippen LogP contribution < -0.4 is 0 Å². The Morgan fingerprint density at radius 1 is 1.07 bits per heavy atom. The van der Waals surface area contributed by atoms with Crippen molar-refractivity contribution >= 4 is 6.08 Å². The summed E-state index contributed by atoms with van der Waals surface area (Å²) in [6.07, 6.45) is 13.5. The number of nitrogens with zero attached hydrogens (tertiary/aromatic N) is 1. The molecule has 3 heteroatoms. The third-order valence-electron chi connectivity index (χ3n) is 6.97. The van der Waals surface area contributed by atoms with Crippen LogP contribution in [0.1, 0.15) is 62.5 Å². The first-order chi connectivity index (χ1) is 13.3. The van der Waals surface area contributed by atoms with E-state index in [0.717, 1.165) is 38.5 Å². The Kier molecular flexibility index (Phi) is 6.31. The van der Waals surface area contributed by atoms with Gasteiger partial charge in [-0.3, -0.25) is 0 Å². The van der Waals surface area contributed by atoms with Gasteiger partial charge < -0.3 is 14.4 Å². The van der Waals surface area contributed by atoms with Crippen molar-refractivity contribution in [3.8, 4) is 0 Å². The van der Waals surface area contributed by atoms with Gasteiger partial charge in [-0.15, -0.1) is 0 Å². The molecule has 2 heterocycles. The zero-order valence-corrected chi connectivity index (χ0v) is 16.9. The van der Waals surface area contributed by atoms with Gasteiger partial charge in [-0.2, -0.15) is 0 Å². The number of ether oxygens (including phenoxy) is 2. The third-order valence-corrected chi connectivity index (χ3v) is 6.97. The van der Waals surface area contributed by atoms with Gasteiger partial charge >= 0.3 is 0 Å². The Bertz CT molecular complexity index is 626. The van der Waals surface area contributed by atoms with Crippen LogP contribution in [0.3, 0.4) is 0 Å². The predicted octanol–water partition coefficient (Wildman–Crippen LogP) is 4.85. The second-order valence-electron chi connectivity index (χ2n) is 8.69. The summed E-state index contributed by atoms with van der Waals surface area (Å²) in [6, 6.07) is 10.1. The zero-order chi connectivity index (χ0) is 18.5. The van der Waals surface area contributed by atoms with Gasteiger partial charge in [0.2, 0.25) is 0 Å². The van der Waals surface area contributed by atoms with Crippen molar-refractivity contribution in [3.63, 3.8) is 0 Å². The van der Waals surface area contributed by atoms with E-state index in [1.807, 2.05) is 7.11 Å². The first kappa shape index (κ1) is 19.2. The summed E-state index contributed by atoms with van der Waals surface area (Å²) < 4.78 is 11.4. The first-order valence-electron chi connectivity index (χ1n) is 10.9. The van der Waals surface area contributed by atoms with Crippen LogP contribution in [0.5, 0.6) is 0 Å². The smallest absolute Gasteiger partial charge is 0.0762 e. The Morgan fingerprint density at radius 2 is 1.85 bits per heavy atom. The normalized spacial score (nSPS) is 25.9. The molecule has 0 unspecified atom stereocenters. The van der Waals surface area contributed by atoms with Crippen LogP contribution in [-0.2, 0) is 15.9 Å². The molecule has 1 aliphatic carbocycles. The van der Waals surface area contributed by atoms with Gasteiger partial charge in [-0.25, -0.2) is 0 Å². The number of hydrogen-bond donors (Lipinski definition) is 0. The van der Waals surface area contributed by atoms with E-state index < -0.39 is 0 Å². The SMILES string of the molecule is COC1(Cc2ccc(C=C3CCCN(C4CCC4)CC3)cc2)CCOCC1. The van der Waals surface area contributed by atoms with Crippen molar-refractivity contribution in [2.45, 2.75) is 69.4 Å². The molecule has 27 heavy (non-hydrogen) atoms. The molecule has 3 nitrogen and oxygen atoms in total. The maximum absolute atomic E-state index is 5.90. The van der Waals surface area contributed by atoms with E-state index in [4.69, 9.17) is 9.47 Å². The number of benzene rings is 1. The molecule has 2 aliphatic heterocycles. The van der Waals surface area contributed by atoms with Gasteiger partial charge in [-0.05, 0) is 49.8 Å². The lowest BCUT2D eigenvalue weighted by Crippen LogP contribution is -2.40. The van der Waals surface area contributed by atoms with Gasteiger partial charge in [0, 0.05) is 52.2 Å². The maximum atomic E-state index is 5.90. The molecule has 3 fully saturated rings. The molecule has 0 aromatic heterocycles. The highest BCUT2D eigenvalue weighted by Gasteiger charge is 2.32. The van der Waals surface area contributed by atoms with Crippen LogP contribution in [0.4, 0.5) is 0 Å². The summed E-state index contributed by atoms with van der Waals surface area (Å²) in [5.41, 5.74) is 4.31. The van der Waals surface area contributed by atoms with Crippen molar-refractivity contribution in [1.29, 1.82) is 0 Å². The fourth-order valence-corrected chi connectivity index (χ4v) is 4.83. The van der Waals surface area contributed by atoms with Crippen LogP contribution in [0.25, 0.3) is 6.08 Å². The molecule has 1 aromatic rings. The topological polar surface area (TPSA) is 21.7 Å². The highest BCUT2D eigenvalue weighted by Crippen LogP contribution is 2.30. The van der Waals surface area contributed by atoms with Crippen molar-refractivity contribution in [1.82, 2.24) is 4.90 Å². The van der Waals surface area contributed by atoms with Gasteiger partial charge in [-0.1, -0.05) is 42.3 Å². The summed E-state index contributed by atoms with van der Waals surface area (Å²) in [6.45, 7) is 4.18. The van der Waals surface area contributed by atoms with Gasteiger partial charge in [0.15, 0.2) is 0 Å². The molecule has 2 saturated heterocycles. The average molecular weight is 370 g/mol. The molecular weight excluding hydrogens is 334 g/mol. The highest BCUT2D eigenvalue weighted by atomic mass is 16.5. The monoisotopic (exact) mass is 369 g/mol. The molecule has 0 atom stereocenters. The van der Waals surface area contributed by atoms with E-state index in [9.17, 15) is 0 Å². The lowest BCUT2D eigenvalue weighted by Gasteiger charge is -2.36. The Balaban J connectivity index is 1.36. The Hall–Kier alpha value is -1.16. The van der Waals surface area contributed by atoms with Crippen LogP contribution >= 0.6 is 0 Å². The van der Waals surface area contributed by atoms with E-state index in [1.165, 1.54) is 62.7 Å². The number of methoxy groups -OCH3 is 1.